The van der Waals surface area contributed by atoms with Gasteiger partial charge in [0.2, 0.25) is 5.91 Å². The smallest absolute Gasteiger partial charge is 0.354 e. The zero-order valence-electron chi connectivity index (χ0n) is 20.1. The monoisotopic (exact) mass is 522 g/mol. The molecule has 2 aromatic rings. The van der Waals surface area contributed by atoms with Crippen molar-refractivity contribution in [2.45, 2.75) is 50.4 Å². The van der Waals surface area contributed by atoms with Gasteiger partial charge in [-0.05, 0) is 73.2 Å². The van der Waals surface area contributed by atoms with E-state index < -0.39 is 5.51 Å². The summed E-state index contributed by atoms with van der Waals surface area (Å²) in [4.78, 5) is 24.3. The van der Waals surface area contributed by atoms with Crippen LogP contribution in [-0.4, -0.2) is 72.0 Å². The number of anilines is 1. The van der Waals surface area contributed by atoms with Gasteiger partial charge < -0.3 is 9.80 Å². The Kier molecular flexibility index (Phi) is 10.1. The van der Waals surface area contributed by atoms with Crippen molar-refractivity contribution in [3.8, 4) is 0 Å². The first-order valence-corrected chi connectivity index (χ1v) is 13.1. The molecule has 5 nitrogen and oxygen atoms in total. The van der Waals surface area contributed by atoms with E-state index in [1.165, 1.54) is 12.1 Å². The fourth-order valence-electron chi connectivity index (χ4n) is 4.88. The number of aromatic nitrogens is 1. The van der Waals surface area contributed by atoms with Crippen molar-refractivity contribution in [3.63, 3.8) is 0 Å². The minimum atomic E-state index is -4.27. The van der Waals surface area contributed by atoms with E-state index in [1.807, 2.05) is 18.0 Å². The zero-order valence-corrected chi connectivity index (χ0v) is 21.0. The van der Waals surface area contributed by atoms with Gasteiger partial charge in [-0.2, -0.15) is 13.2 Å². The van der Waals surface area contributed by atoms with Gasteiger partial charge in [0.05, 0.1) is 0 Å². The summed E-state index contributed by atoms with van der Waals surface area (Å²) in [5, 5.41) is 0. The number of likely N-dealkylation sites (tertiary alicyclic amines) is 1. The molecule has 2 aliphatic heterocycles. The Morgan fingerprint density at radius 2 is 1.78 bits per heavy atom. The number of hydrogen-bond acceptors (Lipinski definition) is 5. The number of hydrogen-bond donors (Lipinski definition) is 0. The van der Waals surface area contributed by atoms with E-state index in [2.05, 4.69) is 26.9 Å². The minimum Gasteiger partial charge on any atom is -0.354 e. The lowest BCUT2D eigenvalue weighted by molar-refractivity contribution is -0.133. The van der Waals surface area contributed by atoms with Gasteiger partial charge in [0.25, 0.3) is 0 Å². The van der Waals surface area contributed by atoms with Crippen molar-refractivity contribution in [3.05, 3.63) is 53.7 Å². The molecule has 0 saturated carbocycles. The predicted molar refractivity (Wildman–Crippen MR) is 140 cm³/mol. The predicted octanol–water partition coefficient (Wildman–Crippen LogP) is 5.63. The van der Waals surface area contributed by atoms with Crippen LogP contribution in [0.15, 0.2) is 47.5 Å². The van der Waals surface area contributed by atoms with Crippen LogP contribution >= 0.6 is 11.8 Å². The Morgan fingerprint density at radius 3 is 2.42 bits per heavy atom. The molecule has 0 N–H and O–H groups in total. The van der Waals surface area contributed by atoms with Gasteiger partial charge in [0.15, 0.2) is 0 Å². The Balaban J connectivity index is 0.00000361. The molecular formula is C27H37F3N4OS. The summed E-state index contributed by atoms with van der Waals surface area (Å²) in [7, 11) is 0. The van der Waals surface area contributed by atoms with Crippen LogP contribution in [0, 0.1) is 12.8 Å². The number of amides is 1. The number of aryl methyl sites for hydroxylation is 1. The molecular weight excluding hydrogens is 485 g/mol. The summed E-state index contributed by atoms with van der Waals surface area (Å²) < 4.78 is 37.6. The molecule has 9 heteroatoms. The Labute approximate surface area is 217 Å². The SMILES string of the molecule is C.Cc1ccc(N2CCN(CCC(=O)N3CCC[C@H](Cc4ccc(SC(F)(F)F)cc4)C3)CC2)nc1. The molecule has 4 rings (SSSR count). The van der Waals surface area contributed by atoms with Crippen molar-refractivity contribution < 1.29 is 18.0 Å². The number of piperazine rings is 1. The van der Waals surface area contributed by atoms with Gasteiger partial charge in [-0.1, -0.05) is 25.6 Å². The summed E-state index contributed by atoms with van der Waals surface area (Å²) in [6.45, 7) is 8.00. The highest BCUT2D eigenvalue weighted by Gasteiger charge is 2.29. The van der Waals surface area contributed by atoms with Gasteiger partial charge >= 0.3 is 5.51 Å². The van der Waals surface area contributed by atoms with E-state index in [-0.39, 0.29) is 30.0 Å². The second-order valence-electron chi connectivity index (χ2n) is 9.52. The molecule has 2 aliphatic rings. The summed E-state index contributed by atoms with van der Waals surface area (Å²) in [6.07, 6.45) is 5.22. The third-order valence-electron chi connectivity index (χ3n) is 6.79. The van der Waals surface area contributed by atoms with Gasteiger partial charge in [-0.25, -0.2) is 4.98 Å². The van der Waals surface area contributed by atoms with Crippen LogP contribution in [-0.2, 0) is 11.2 Å². The minimum absolute atomic E-state index is 0. The topological polar surface area (TPSA) is 39.7 Å². The summed E-state index contributed by atoms with van der Waals surface area (Å²) in [5.41, 5.74) is -2.09. The van der Waals surface area contributed by atoms with Crippen molar-refractivity contribution in [1.29, 1.82) is 0 Å². The van der Waals surface area contributed by atoms with E-state index >= 15 is 0 Å². The molecule has 36 heavy (non-hydrogen) atoms. The van der Waals surface area contributed by atoms with Crippen LogP contribution in [0.4, 0.5) is 19.0 Å². The molecule has 3 heterocycles. The molecule has 0 bridgehead atoms. The number of rotatable bonds is 7. The maximum absolute atomic E-state index is 12.9. The molecule has 1 amide bonds. The fraction of sp³-hybridized carbons (Fsp3) is 0.556. The first-order valence-electron chi connectivity index (χ1n) is 12.3. The largest absolute Gasteiger partial charge is 0.446 e. The average molecular weight is 523 g/mol. The molecule has 0 radical (unpaired) electrons. The van der Waals surface area contributed by atoms with Gasteiger partial charge in [0, 0.05) is 63.3 Å². The lowest BCUT2D eigenvalue weighted by Crippen LogP contribution is -2.48. The van der Waals surface area contributed by atoms with Crippen LogP contribution in [0.3, 0.4) is 0 Å². The Bertz CT molecular complexity index is 960. The standard InChI is InChI=1S/C26H33F3N4OS.CH4/c1-20-4-9-24(30-18-20)32-15-13-31(14-16-32)12-10-25(34)33-11-2-3-22(19-33)17-21-5-7-23(8-6-21)35-26(27,28)29;/h4-9,18,22H,2-3,10-17,19H2,1H3;1H4/t22-;/m1./s1. The lowest BCUT2D eigenvalue weighted by Gasteiger charge is -2.36. The summed E-state index contributed by atoms with van der Waals surface area (Å²) in [6, 6.07) is 10.8. The molecule has 2 saturated heterocycles. The molecule has 1 aromatic carbocycles. The number of carbonyl (C=O) groups is 1. The zero-order chi connectivity index (χ0) is 24.8. The van der Waals surface area contributed by atoms with E-state index in [0.717, 1.165) is 82.0 Å². The first-order chi connectivity index (χ1) is 16.7. The van der Waals surface area contributed by atoms with Crippen LogP contribution in [0.25, 0.3) is 0 Å². The van der Waals surface area contributed by atoms with E-state index in [1.54, 1.807) is 12.1 Å². The van der Waals surface area contributed by atoms with Crippen molar-refractivity contribution in [2.75, 3.05) is 50.7 Å². The molecule has 1 aromatic heterocycles. The molecule has 1 atom stereocenters. The van der Waals surface area contributed by atoms with Gasteiger partial charge in [-0.3, -0.25) is 9.69 Å². The molecule has 0 aliphatic carbocycles. The number of nitrogens with zero attached hydrogens (tertiary/aromatic N) is 4. The number of benzene rings is 1. The average Bonchev–Trinajstić information content (AvgIpc) is 2.84. The quantitative estimate of drug-likeness (QED) is 0.441. The highest BCUT2D eigenvalue weighted by molar-refractivity contribution is 8.00. The van der Waals surface area contributed by atoms with Crippen molar-refractivity contribution in [2.24, 2.45) is 5.92 Å². The van der Waals surface area contributed by atoms with E-state index in [0.29, 0.717) is 12.3 Å². The van der Waals surface area contributed by atoms with Crippen LogP contribution in [0.2, 0.25) is 0 Å². The number of halogens is 3. The van der Waals surface area contributed by atoms with Crippen molar-refractivity contribution >= 4 is 23.5 Å². The second-order valence-corrected chi connectivity index (χ2v) is 10.7. The normalized spacial score (nSPS) is 19.2. The summed E-state index contributed by atoms with van der Waals surface area (Å²) >= 11 is -0.0863. The number of carbonyl (C=O) groups excluding carboxylic acids is 1. The molecule has 198 valence electrons. The molecule has 0 spiro atoms. The van der Waals surface area contributed by atoms with Crippen LogP contribution in [0.5, 0.6) is 0 Å². The third kappa shape index (κ3) is 8.40. The van der Waals surface area contributed by atoms with Gasteiger partial charge in [0.1, 0.15) is 5.82 Å². The highest BCUT2D eigenvalue weighted by atomic mass is 32.2. The van der Waals surface area contributed by atoms with Crippen LogP contribution in [0.1, 0.15) is 37.8 Å². The number of pyridine rings is 1. The second kappa shape index (κ2) is 12.8. The van der Waals surface area contributed by atoms with Gasteiger partial charge in [-0.15, -0.1) is 0 Å². The maximum Gasteiger partial charge on any atom is 0.446 e. The van der Waals surface area contributed by atoms with Crippen molar-refractivity contribution in [1.82, 2.24) is 14.8 Å². The van der Waals surface area contributed by atoms with E-state index in [4.69, 9.17) is 0 Å². The van der Waals surface area contributed by atoms with Crippen LogP contribution < -0.4 is 4.90 Å². The summed E-state index contributed by atoms with van der Waals surface area (Å²) in [5.74, 6) is 1.56. The fourth-order valence-corrected chi connectivity index (χ4v) is 5.42. The maximum atomic E-state index is 12.9. The number of piperidine rings is 1. The Hall–Kier alpha value is -2.26. The lowest BCUT2D eigenvalue weighted by atomic mass is 9.91. The number of thioether (sulfide) groups is 1. The molecule has 2 fully saturated rings. The third-order valence-corrected chi connectivity index (χ3v) is 7.53. The first kappa shape index (κ1) is 28.3. The molecule has 0 unspecified atom stereocenters. The highest BCUT2D eigenvalue weighted by Crippen LogP contribution is 2.37. The Morgan fingerprint density at radius 1 is 1.06 bits per heavy atom. The van der Waals surface area contributed by atoms with E-state index in [9.17, 15) is 18.0 Å². The number of alkyl halides is 3.